The van der Waals surface area contributed by atoms with Crippen molar-refractivity contribution in [2.75, 3.05) is 14.2 Å². The highest BCUT2D eigenvalue weighted by atomic mass is 32.1. The van der Waals surface area contributed by atoms with Gasteiger partial charge < -0.3 is 10.1 Å². The van der Waals surface area contributed by atoms with Crippen LogP contribution in [0.15, 0.2) is 23.6 Å². The van der Waals surface area contributed by atoms with Gasteiger partial charge in [0.15, 0.2) is 0 Å². The number of benzene rings is 1. The maximum atomic E-state index is 5.39. The third-order valence-corrected chi connectivity index (χ3v) is 4.09. The van der Waals surface area contributed by atoms with Gasteiger partial charge in [-0.15, -0.1) is 11.3 Å². The number of hydrogen-bond acceptors (Lipinski definition) is 4. The van der Waals surface area contributed by atoms with Gasteiger partial charge in [-0.25, -0.2) is 4.98 Å². The van der Waals surface area contributed by atoms with Crippen LogP contribution in [0.2, 0.25) is 0 Å². The number of nitrogens with zero attached hydrogens (tertiary/aromatic N) is 1. The molecule has 2 rings (SSSR count). The summed E-state index contributed by atoms with van der Waals surface area (Å²) in [6.45, 7) is 4.10. The molecule has 1 aromatic heterocycles. The van der Waals surface area contributed by atoms with Crippen LogP contribution >= 0.6 is 11.3 Å². The number of nitrogens with one attached hydrogen (secondary N) is 1. The predicted molar refractivity (Wildman–Crippen MR) is 80.1 cm³/mol. The van der Waals surface area contributed by atoms with E-state index in [4.69, 9.17) is 4.74 Å². The molecule has 0 bridgehead atoms. The van der Waals surface area contributed by atoms with Gasteiger partial charge in [0, 0.05) is 17.8 Å². The van der Waals surface area contributed by atoms with Crippen LogP contribution in [0.25, 0.3) is 0 Å². The Morgan fingerprint density at radius 1 is 1.37 bits per heavy atom. The molecule has 0 radical (unpaired) electrons. The van der Waals surface area contributed by atoms with Gasteiger partial charge in [-0.3, -0.25) is 0 Å². The van der Waals surface area contributed by atoms with Crippen molar-refractivity contribution in [2.45, 2.75) is 26.3 Å². The second-order valence-electron chi connectivity index (χ2n) is 4.63. The van der Waals surface area contributed by atoms with Crippen molar-refractivity contribution in [3.8, 4) is 5.75 Å². The largest absolute Gasteiger partial charge is 0.496 e. The van der Waals surface area contributed by atoms with E-state index in [0.717, 1.165) is 28.4 Å². The fraction of sp³-hybridized carbons (Fsp3) is 0.400. The van der Waals surface area contributed by atoms with Gasteiger partial charge in [-0.05, 0) is 38.1 Å². The third kappa shape index (κ3) is 3.33. The summed E-state index contributed by atoms with van der Waals surface area (Å²) in [5.74, 6) is 0.937. The van der Waals surface area contributed by atoms with Crippen LogP contribution in [-0.4, -0.2) is 19.1 Å². The smallest absolute Gasteiger partial charge is 0.122 e. The monoisotopic (exact) mass is 276 g/mol. The standard InChI is InChI=1S/C15H20N2OS/c1-10-5-6-12(7-15(10)18-4)14(16-3)8-13-9-19-11(2)17-13/h5-7,9,14,16H,8H2,1-4H3. The number of likely N-dealkylation sites (N-methyl/N-ethyl adjacent to an activating group) is 1. The van der Waals surface area contributed by atoms with Crippen molar-refractivity contribution in [3.63, 3.8) is 0 Å². The van der Waals surface area contributed by atoms with Crippen molar-refractivity contribution < 1.29 is 4.74 Å². The zero-order chi connectivity index (χ0) is 13.8. The molecule has 0 aliphatic carbocycles. The maximum absolute atomic E-state index is 5.39. The summed E-state index contributed by atoms with van der Waals surface area (Å²) in [6.07, 6.45) is 0.896. The van der Waals surface area contributed by atoms with Crippen molar-refractivity contribution >= 4 is 11.3 Å². The van der Waals surface area contributed by atoms with Crippen LogP contribution in [0.1, 0.15) is 27.9 Å². The van der Waals surface area contributed by atoms with E-state index in [-0.39, 0.29) is 6.04 Å². The van der Waals surface area contributed by atoms with Crippen LogP contribution in [0.4, 0.5) is 0 Å². The second kappa shape index (κ2) is 6.17. The zero-order valence-corrected chi connectivity index (χ0v) is 12.7. The predicted octanol–water partition coefficient (Wildman–Crippen LogP) is 3.27. The molecule has 1 heterocycles. The molecule has 0 fully saturated rings. The Morgan fingerprint density at radius 3 is 2.74 bits per heavy atom. The summed E-state index contributed by atoms with van der Waals surface area (Å²) < 4.78 is 5.39. The molecular weight excluding hydrogens is 256 g/mol. The van der Waals surface area contributed by atoms with Gasteiger partial charge in [0.05, 0.1) is 17.8 Å². The Kier molecular flexibility index (Phi) is 4.56. The SMILES string of the molecule is CNC(Cc1csc(C)n1)c1ccc(C)c(OC)c1. The van der Waals surface area contributed by atoms with E-state index in [1.807, 2.05) is 14.0 Å². The first-order valence-electron chi connectivity index (χ1n) is 6.37. The minimum Gasteiger partial charge on any atom is -0.496 e. The van der Waals surface area contributed by atoms with Gasteiger partial charge in [0.1, 0.15) is 5.75 Å². The number of hydrogen-bond donors (Lipinski definition) is 1. The van der Waals surface area contributed by atoms with Gasteiger partial charge >= 0.3 is 0 Å². The summed E-state index contributed by atoms with van der Waals surface area (Å²) in [6, 6.07) is 6.62. The highest BCUT2D eigenvalue weighted by Crippen LogP contribution is 2.25. The van der Waals surface area contributed by atoms with E-state index in [0.29, 0.717) is 0 Å². The van der Waals surface area contributed by atoms with E-state index in [9.17, 15) is 0 Å². The van der Waals surface area contributed by atoms with E-state index < -0.39 is 0 Å². The summed E-state index contributed by atoms with van der Waals surface area (Å²) in [5, 5.41) is 6.60. The quantitative estimate of drug-likeness (QED) is 0.910. The molecule has 0 spiro atoms. The minimum absolute atomic E-state index is 0.260. The fourth-order valence-electron chi connectivity index (χ4n) is 2.15. The number of thiazole rings is 1. The number of rotatable bonds is 5. The van der Waals surface area contributed by atoms with Crippen LogP contribution in [0, 0.1) is 13.8 Å². The summed E-state index contributed by atoms with van der Waals surface area (Å²) in [7, 11) is 3.69. The molecule has 19 heavy (non-hydrogen) atoms. The molecule has 102 valence electrons. The average Bonchev–Trinajstić information content (AvgIpc) is 2.82. The van der Waals surface area contributed by atoms with Crippen molar-refractivity contribution in [1.82, 2.24) is 10.3 Å². The van der Waals surface area contributed by atoms with E-state index in [2.05, 4.69) is 40.8 Å². The number of aromatic nitrogens is 1. The lowest BCUT2D eigenvalue weighted by Crippen LogP contribution is -2.19. The molecule has 4 heteroatoms. The molecule has 2 aromatic rings. The first-order chi connectivity index (χ1) is 9.13. The summed E-state index contributed by atoms with van der Waals surface area (Å²) in [5.41, 5.74) is 3.53. The molecule has 1 N–H and O–H groups in total. The Labute approximate surface area is 118 Å². The van der Waals surface area contributed by atoms with Crippen molar-refractivity contribution in [3.05, 3.63) is 45.4 Å². The van der Waals surface area contributed by atoms with Crippen molar-refractivity contribution in [2.24, 2.45) is 0 Å². The van der Waals surface area contributed by atoms with Gasteiger partial charge in [0.25, 0.3) is 0 Å². The maximum Gasteiger partial charge on any atom is 0.122 e. The first-order valence-corrected chi connectivity index (χ1v) is 7.24. The van der Waals surface area contributed by atoms with Crippen LogP contribution in [0.3, 0.4) is 0 Å². The molecule has 1 aromatic carbocycles. The van der Waals surface area contributed by atoms with Crippen molar-refractivity contribution in [1.29, 1.82) is 0 Å². The normalized spacial score (nSPS) is 12.4. The van der Waals surface area contributed by atoms with Crippen LogP contribution < -0.4 is 10.1 Å². The molecule has 0 aliphatic heterocycles. The topological polar surface area (TPSA) is 34.2 Å². The average molecular weight is 276 g/mol. The minimum atomic E-state index is 0.260. The third-order valence-electron chi connectivity index (χ3n) is 3.26. The highest BCUT2D eigenvalue weighted by Gasteiger charge is 2.13. The van der Waals surface area contributed by atoms with E-state index in [1.165, 1.54) is 5.56 Å². The molecule has 3 nitrogen and oxygen atoms in total. The molecule has 0 aliphatic rings. The van der Waals surface area contributed by atoms with Gasteiger partial charge in [-0.2, -0.15) is 0 Å². The van der Waals surface area contributed by atoms with E-state index >= 15 is 0 Å². The summed E-state index contributed by atoms with van der Waals surface area (Å²) >= 11 is 1.70. The van der Waals surface area contributed by atoms with Crippen LogP contribution in [-0.2, 0) is 6.42 Å². The Morgan fingerprint density at radius 2 is 2.16 bits per heavy atom. The first kappa shape index (κ1) is 14.0. The molecular formula is C15H20N2OS. The lowest BCUT2D eigenvalue weighted by atomic mass is 10.0. The molecule has 1 atom stereocenters. The molecule has 1 unspecified atom stereocenters. The van der Waals surface area contributed by atoms with Crippen LogP contribution in [0.5, 0.6) is 5.75 Å². The highest BCUT2D eigenvalue weighted by molar-refractivity contribution is 7.09. The van der Waals surface area contributed by atoms with Gasteiger partial charge in [-0.1, -0.05) is 12.1 Å². The number of aryl methyl sites for hydroxylation is 2. The molecule has 0 saturated heterocycles. The lowest BCUT2D eigenvalue weighted by molar-refractivity contribution is 0.410. The van der Waals surface area contributed by atoms with Gasteiger partial charge in [0.2, 0.25) is 0 Å². The number of methoxy groups -OCH3 is 1. The molecule has 0 amide bonds. The van der Waals surface area contributed by atoms with E-state index in [1.54, 1.807) is 18.4 Å². The number of ether oxygens (including phenoxy) is 1. The molecule has 0 saturated carbocycles. The Hall–Kier alpha value is -1.39. The Bertz CT molecular complexity index is 551. The second-order valence-corrected chi connectivity index (χ2v) is 5.69. The fourth-order valence-corrected chi connectivity index (χ4v) is 2.78. The lowest BCUT2D eigenvalue weighted by Gasteiger charge is -2.17. The Balaban J connectivity index is 2.21. The summed E-state index contributed by atoms with van der Waals surface area (Å²) in [4.78, 5) is 4.53. The zero-order valence-electron chi connectivity index (χ0n) is 11.9.